The summed E-state index contributed by atoms with van der Waals surface area (Å²) in [6.45, 7) is 1.95. The van der Waals surface area contributed by atoms with Crippen LogP contribution in [-0.4, -0.2) is 16.1 Å². The fourth-order valence-electron chi connectivity index (χ4n) is 1.46. The molecule has 2 heterocycles. The number of hydrogen-bond donors (Lipinski definition) is 2. The van der Waals surface area contributed by atoms with Gasteiger partial charge in [-0.25, -0.2) is 9.78 Å². The van der Waals surface area contributed by atoms with Crippen molar-refractivity contribution in [2.45, 2.75) is 13.0 Å². The summed E-state index contributed by atoms with van der Waals surface area (Å²) >= 11 is 0. The maximum Gasteiger partial charge on any atom is 0.354 e. The molecule has 1 unspecified atom stereocenters. The van der Waals surface area contributed by atoms with Crippen molar-refractivity contribution in [3.05, 3.63) is 48.2 Å². The first-order chi connectivity index (χ1) is 8.16. The normalized spacial score (nSPS) is 12.1. The van der Waals surface area contributed by atoms with E-state index in [1.807, 2.05) is 19.1 Å². The Bertz CT molecular complexity index is 491. The number of carbonyl (C=O) groups is 1. The van der Waals surface area contributed by atoms with Crippen LogP contribution in [0, 0.1) is 0 Å². The topological polar surface area (TPSA) is 75.4 Å². The number of hydrogen-bond acceptors (Lipinski definition) is 4. The van der Waals surface area contributed by atoms with Crippen molar-refractivity contribution in [1.82, 2.24) is 4.98 Å². The number of carboxylic acid groups (broad SMARTS) is 1. The number of nitrogens with one attached hydrogen (secondary N) is 1. The summed E-state index contributed by atoms with van der Waals surface area (Å²) in [4.78, 5) is 14.4. The lowest BCUT2D eigenvalue weighted by atomic mass is 10.2. The van der Waals surface area contributed by atoms with Crippen LogP contribution in [-0.2, 0) is 0 Å². The van der Waals surface area contributed by atoms with Gasteiger partial charge < -0.3 is 14.8 Å². The van der Waals surface area contributed by atoms with Gasteiger partial charge >= 0.3 is 5.97 Å². The molecule has 5 heteroatoms. The predicted octanol–water partition coefficient (Wildman–Crippen LogP) is 2.55. The number of aromatic carboxylic acids is 1. The fourth-order valence-corrected chi connectivity index (χ4v) is 1.46. The summed E-state index contributed by atoms with van der Waals surface area (Å²) in [5.41, 5.74) is 0.778. The Morgan fingerprint density at radius 1 is 1.47 bits per heavy atom. The molecule has 0 aromatic carbocycles. The van der Waals surface area contributed by atoms with Gasteiger partial charge in [0.05, 0.1) is 24.2 Å². The highest BCUT2D eigenvalue weighted by molar-refractivity contribution is 5.85. The average molecular weight is 232 g/mol. The zero-order valence-electron chi connectivity index (χ0n) is 9.25. The lowest BCUT2D eigenvalue weighted by molar-refractivity contribution is 0.0690. The van der Waals surface area contributed by atoms with Crippen molar-refractivity contribution in [1.29, 1.82) is 0 Å². The molecule has 0 fully saturated rings. The van der Waals surface area contributed by atoms with Crippen molar-refractivity contribution < 1.29 is 14.3 Å². The number of rotatable bonds is 4. The van der Waals surface area contributed by atoms with Crippen molar-refractivity contribution in [2.75, 3.05) is 5.32 Å². The molecule has 0 aliphatic rings. The van der Waals surface area contributed by atoms with E-state index in [-0.39, 0.29) is 11.7 Å². The van der Waals surface area contributed by atoms with E-state index in [2.05, 4.69) is 10.3 Å². The summed E-state index contributed by atoms with van der Waals surface area (Å²) in [6, 6.07) is 6.83. The first-order valence-electron chi connectivity index (χ1n) is 5.16. The zero-order chi connectivity index (χ0) is 12.3. The number of anilines is 1. The van der Waals surface area contributed by atoms with Crippen molar-refractivity contribution in [3.63, 3.8) is 0 Å². The summed E-state index contributed by atoms with van der Waals surface area (Å²) in [5.74, 6) is -0.219. The van der Waals surface area contributed by atoms with Crippen LogP contribution in [0.3, 0.4) is 0 Å². The molecular weight excluding hydrogens is 220 g/mol. The molecule has 0 aliphatic carbocycles. The van der Waals surface area contributed by atoms with Crippen molar-refractivity contribution in [2.24, 2.45) is 0 Å². The van der Waals surface area contributed by atoms with Crippen LogP contribution in [0.4, 0.5) is 5.69 Å². The van der Waals surface area contributed by atoms with Gasteiger partial charge in [-0.15, -0.1) is 0 Å². The number of aromatic nitrogens is 1. The second kappa shape index (κ2) is 4.69. The van der Waals surface area contributed by atoms with Gasteiger partial charge in [-0.1, -0.05) is 0 Å². The minimum absolute atomic E-state index is 0.00229. The molecule has 2 aromatic heterocycles. The van der Waals surface area contributed by atoms with Crippen LogP contribution in [0.1, 0.15) is 29.2 Å². The Morgan fingerprint density at radius 2 is 2.29 bits per heavy atom. The molecule has 0 bridgehead atoms. The molecule has 5 nitrogen and oxygen atoms in total. The summed E-state index contributed by atoms with van der Waals surface area (Å²) in [7, 11) is 0. The van der Waals surface area contributed by atoms with Gasteiger partial charge in [-0.3, -0.25) is 0 Å². The van der Waals surface area contributed by atoms with E-state index in [1.54, 1.807) is 12.3 Å². The Morgan fingerprint density at radius 3 is 2.82 bits per heavy atom. The Hall–Kier alpha value is -2.30. The van der Waals surface area contributed by atoms with Crippen LogP contribution < -0.4 is 5.32 Å². The van der Waals surface area contributed by atoms with E-state index >= 15 is 0 Å². The van der Waals surface area contributed by atoms with Crippen LogP contribution in [0.5, 0.6) is 0 Å². The van der Waals surface area contributed by atoms with Crippen molar-refractivity contribution in [3.8, 4) is 0 Å². The molecule has 0 saturated heterocycles. The van der Waals surface area contributed by atoms with Crippen molar-refractivity contribution >= 4 is 11.7 Å². The highest BCUT2D eigenvalue weighted by atomic mass is 16.4. The average Bonchev–Trinajstić information content (AvgIpc) is 2.83. The number of carboxylic acids is 1. The van der Waals surface area contributed by atoms with Crippen LogP contribution >= 0.6 is 0 Å². The standard InChI is InChI=1S/C12H12N2O3/c1-8(11-3-2-6-17-11)14-9-4-5-10(12(15)16)13-7-9/h2-8,14H,1H3,(H,15,16). The lowest BCUT2D eigenvalue weighted by Crippen LogP contribution is -2.07. The first-order valence-corrected chi connectivity index (χ1v) is 5.16. The molecule has 0 spiro atoms. The summed E-state index contributed by atoms with van der Waals surface area (Å²) in [5, 5.41) is 11.9. The minimum Gasteiger partial charge on any atom is -0.477 e. The Balaban J connectivity index is 2.06. The second-order valence-corrected chi connectivity index (χ2v) is 3.62. The monoisotopic (exact) mass is 232 g/mol. The Labute approximate surface area is 98.1 Å². The molecule has 1 atom stereocenters. The molecule has 0 amide bonds. The van der Waals surface area contributed by atoms with Gasteiger partial charge in [0.25, 0.3) is 0 Å². The van der Waals surface area contributed by atoms with Gasteiger partial charge in [0.2, 0.25) is 0 Å². The number of pyridine rings is 1. The van der Waals surface area contributed by atoms with Crippen LogP contribution in [0.25, 0.3) is 0 Å². The number of nitrogens with zero attached hydrogens (tertiary/aromatic N) is 1. The maximum atomic E-state index is 10.6. The first kappa shape index (κ1) is 11.2. The van der Waals surface area contributed by atoms with Gasteiger partial charge in [-0.2, -0.15) is 0 Å². The third kappa shape index (κ3) is 2.63. The summed E-state index contributed by atoms with van der Waals surface area (Å²) < 4.78 is 5.25. The highest BCUT2D eigenvalue weighted by Gasteiger charge is 2.09. The molecule has 0 radical (unpaired) electrons. The van der Waals surface area contributed by atoms with Gasteiger partial charge in [0.1, 0.15) is 11.5 Å². The third-order valence-electron chi connectivity index (χ3n) is 2.34. The molecule has 2 rings (SSSR count). The lowest BCUT2D eigenvalue weighted by Gasteiger charge is -2.12. The second-order valence-electron chi connectivity index (χ2n) is 3.62. The molecule has 2 aromatic rings. The van der Waals surface area contributed by atoms with E-state index in [4.69, 9.17) is 9.52 Å². The van der Waals surface area contributed by atoms with E-state index in [9.17, 15) is 4.79 Å². The molecule has 0 saturated carbocycles. The highest BCUT2D eigenvalue weighted by Crippen LogP contribution is 2.18. The van der Waals surface area contributed by atoms with Gasteiger partial charge in [-0.05, 0) is 31.2 Å². The van der Waals surface area contributed by atoms with Gasteiger partial charge in [0, 0.05) is 0 Å². The SMILES string of the molecule is CC(Nc1ccc(C(=O)O)nc1)c1ccco1. The van der Waals surface area contributed by atoms with Gasteiger partial charge in [0.15, 0.2) is 0 Å². The maximum absolute atomic E-state index is 10.6. The van der Waals surface area contributed by atoms with Crippen LogP contribution in [0.2, 0.25) is 0 Å². The fraction of sp³-hybridized carbons (Fsp3) is 0.167. The number of furan rings is 1. The van der Waals surface area contributed by atoms with E-state index < -0.39 is 5.97 Å². The minimum atomic E-state index is -1.03. The quantitative estimate of drug-likeness (QED) is 0.847. The largest absolute Gasteiger partial charge is 0.477 e. The molecule has 2 N–H and O–H groups in total. The Kier molecular flexibility index (Phi) is 3.09. The van der Waals surface area contributed by atoms with Crippen LogP contribution in [0.15, 0.2) is 41.1 Å². The smallest absolute Gasteiger partial charge is 0.354 e. The molecular formula is C12H12N2O3. The molecule has 17 heavy (non-hydrogen) atoms. The van der Waals surface area contributed by atoms with E-state index in [1.165, 1.54) is 12.3 Å². The predicted molar refractivity (Wildman–Crippen MR) is 61.9 cm³/mol. The zero-order valence-corrected chi connectivity index (χ0v) is 9.25. The summed E-state index contributed by atoms with van der Waals surface area (Å²) in [6.07, 6.45) is 3.10. The van der Waals surface area contributed by atoms with E-state index in [0.29, 0.717) is 0 Å². The third-order valence-corrected chi connectivity index (χ3v) is 2.34. The molecule has 88 valence electrons. The molecule has 0 aliphatic heterocycles. The van der Waals surface area contributed by atoms with E-state index in [0.717, 1.165) is 11.4 Å².